The summed E-state index contributed by atoms with van der Waals surface area (Å²) in [5.41, 5.74) is 1.95. The first-order chi connectivity index (χ1) is 19.1. The van der Waals surface area contributed by atoms with Gasteiger partial charge >= 0.3 is 5.69 Å². The number of hydrogen-bond donors (Lipinski definition) is 5. The number of aromatic amines is 2. The van der Waals surface area contributed by atoms with Crippen LogP contribution in [-0.2, 0) is 10.0 Å². The van der Waals surface area contributed by atoms with Crippen LogP contribution in [0.25, 0.3) is 21.8 Å². The van der Waals surface area contributed by atoms with Crippen molar-refractivity contribution in [2.24, 2.45) is 10.2 Å². The predicted octanol–water partition coefficient (Wildman–Crippen LogP) is 4.61. The van der Waals surface area contributed by atoms with Crippen LogP contribution < -0.4 is 20.5 Å². The molecule has 1 amide bonds. The van der Waals surface area contributed by atoms with Crippen molar-refractivity contribution in [2.45, 2.75) is 11.8 Å². The molecule has 5 rings (SSSR count). The molecule has 1 aromatic heterocycles. The van der Waals surface area contributed by atoms with Gasteiger partial charge in [-0.15, -0.1) is 10.2 Å². The number of phenolic OH excluding ortho intramolecular Hbond substituents is 1. The number of nitrogens with zero attached hydrogens (tertiary/aromatic N) is 2. The Hall–Kier alpha value is -5.01. The van der Waals surface area contributed by atoms with Crippen LogP contribution in [0.4, 0.5) is 17.1 Å². The lowest BCUT2D eigenvalue weighted by Gasteiger charge is -2.12. The number of methoxy groups -OCH3 is 1. The van der Waals surface area contributed by atoms with Crippen molar-refractivity contribution in [3.05, 3.63) is 82.3 Å². The number of aromatic nitrogens is 2. The highest BCUT2D eigenvalue weighted by Crippen LogP contribution is 2.40. The lowest BCUT2D eigenvalue weighted by atomic mass is 10.0. The third kappa shape index (κ3) is 4.90. The molecule has 4 aromatic carbocycles. The molecule has 204 valence electrons. The Morgan fingerprint density at radius 1 is 1.00 bits per heavy atom. The minimum atomic E-state index is -3.79. The Morgan fingerprint density at radius 3 is 2.50 bits per heavy atom. The van der Waals surface area contributed by atoms with Gasteiger partial charge in [-0.25, -0.2) is 17.9 Å². The van der Waals surface area contributed by atoms with Gasteiger partial charge in [-0.05, 0) is 55.3 Å². The molecule has 0 aliphatic rings. The van der Waals surface area contributed by atoms with Gasteiger partial charge in [0, 0.05) is 17.1 Å². The number of imidazole rings is 1. The number of anilines is 1. The second-order valence-electron chi connectivity index (χ2n) is 8.83. The van der Waals surface area contributed by atoms with Crippen molar-refractivity contribution >= 4 is 54.8 Å². The molecule has 0 saturated heterocycles. The second-order valence-corrected chi connectivity index (χ2v) is 10.7. The van der Waals surface area contributed by atoms with Crippen molar-refractivity contribution in [1.82, 2.24) is 14.7 Å². The number of nitrogens with one attached hydrogen (secondary N) is 4. The maximum Gasteiger partial charge on any atom is 0.323 e. The number of ether oxygens (including phenoxy) is 1. The number of aryl methyl sites for hydroxylation is 1. The third-order valence-electron chi connectivity index (χ3n) is 6.31. The van der Waals surface area contributed by atoms with Gasteiger partial charge in [-0.1, -0.05) is 24.3 Å². The maximum atomic E-state index is 13.2. The summed E-state index contributed by atoms with van der Waals surface area (Å²) < 4.78 is 32.3. The number of fused-ring (bicyclic) bond motifs is 2. The molecule has 5 N–H and O–H groups in total. The Bertz CT molecular complexity index is 1990. The van der Waals surface area contributed by atoms with Crippen LogP contribution in [0, 0.1) is 6.92 Å². The van der Waals surface area contributed by atoms with Crippen molar-refractivity contribution in [3.8, 4) is 11.5 Å². The van der Waals surface area contributed by atoms with Crippen LogP contribution in [0.3, 0.4) is 0 Å². The number of rotatable bonds is 7. The molecule has 0 atom stereocenters. The van der Waals surface area contributed by atoms with E-state index in [0.717, 1.165) is 0 Å². The summed E-state index contributed by atoms with van der Waals surface area (Å²) in [5.74, 6) is -0.927. The number of amides is 1. The lowest BCUT2D eigenvalue weighted by Crippen LogP contribution is -2.19. The van der Waals surface area contributed by atoms with E-state index in [4.69, 9.17) is 4.74 Å². The van der Waals surface area contributed by atoms with Gasteiger partial charge in [-0.2, -0.15) is 0 Å². The molecule has 12 nitrogen and oxygen atoms in total. The molecule has 0 fully saturated rings. The van der Waals surface area contributed by atoms with E-state index >= 15 is 0 Å². The Kier molecular flexibility index (Phi) is 6.83. The minimum absolute atomic E-state index is 0.0416. The average Bonchev–Trinajstić information content (AvgIpc) is 3.31. The van der Waals surface area contributed by atoms with Gasteiger partial charge in [0.25, 0.3) is 5.91 Å². The standard InChI is InChI=1S/C27H24N6O6S/c1-14-10-23(40(37,38)28-2)22(39-3)13-20(14)32-33-24-17-7-5-4-6-15(17)11-18(25(24)34)26(35)29-16-8-9-19-21(12-16)31-27(36)30-19/h4-13,28,34H,1-3H3,(H,29,35)(H2,30,31,36)/b33-32+. The fourth-order valence-electron chi connectivity index (χ4n) is 4.24. The molecule has 1 heterocycles. The van der Waals surface area contributed by atoms with Crippen LogP contribution in [-0.4, -0.2) is 43.6 Å². The molecular weight excluding hydrogens is 536 g/mol. The summed E-state index contributed by atoms with van der Waals surface area (Å²) in [6.07, 6.45) is 0. The number of H-pyrrole nitrogens is 2. The average molecular weight is 561 g/mol. The minimum Gasteiger partial charge on any atom is -0.505 e. The zero-order chi connectivity index (χ0) is 28.6. The normalized spacial score (nSPS) is 11.9. The topological polar surface area (TPSA) is 178 Å². The number of aromatic hydroxyl groups is 1. The number of benzene rings is 4. The van der Waals surface area contributed by atoms with Crippen molar-refractivity contribution in [2.75, 3.05) is 19.5 Å². The number of hydrogen-bond acceptors (Lipinski definition) is 8. The van der Waals surface area contributed by atoms with Crippen molar-refractivity contribution < 1.29 is 23.1 Å². The first kappa shape index (κ1) is 26.6. The van der Waals surface area contributed by atoms with E-state index in [-0.39, 0.29) is 27.6 Å². The van der Waals surface area contributed by atoms with Crippen LogP contribution in [0.5, 0.6) is 11.5 Å². The Balaban J connectivity index is 1.56. The van der Waals surface area contributed by atoms with Gasteiger partial charge in [-0.3, -0.25) is 4.79 Å². The second kappa shape index (κ2) is 10.3. The molecule has 0 bridgehead atoms. The number of phenols is 1. The molecule has 0 saturated carbocycles. The maximum absolute atomic E-state index is 13.2. The van der Waals surface area contributed by atoms with Gasteiger partial charge in [0.2, 0.25) is 10.0 Å². The van der Waals surface area contributed by atoms with E-state index < -0.39 is 21.7 Å². The molecule has 5 aromatic rings. The molecule has 13 heteroatoms. The molecule has 0 aliphatic carbocycles. The highest BCUT2D eigenvalue weighted by atomic mass is 32.2. The number of carbonyl (C=O) groups excluding carboxylic acids is 1. The molecule has 0 aliphatic heterocycles. The summed E-state index contributed by atoms with van der Waals surface area (Å²) in [6, 6.07) is 16.3. The molecule has 40 heavy (non-hydrogen) atoms. The first-order valence-electron chi connectivity index (χ1n) is 11.9. The predicted molar refractivity (Wildman–Crippen MR) is 151 cm³/mol. The molecule has 0 radical (unpaired) electrons. The lowest BCUT2D eigenvalue weighted by molar-refractivity contribution is 0.102. The van der Waals surface area contributed by atoms with E-state index in [1.807, 2.05) is 0 Å². The van der Waals surface area contributed by atoms with Crippen LogP contribution in [0.15, 0.2) is 80.6 Å². The smallest absolute Gasteiger partial charge is 0.323 e. The van der Waals surface area contributed by atoms with Gasteiger partial charge in [0.15, 0.2) is 5.75 Å². The highest BCUT2D eigenvalue weighted by Gasteiger charge is 2.21. The fraction of sp³-hybridized carbons (Fsp3) is 0.111. The van der Waals surface area contributed by atoms with E-state index in [9.17, 15) is 23.1 Å². The summed E-state index contributed by atoms with van der Waals surface area (Å²) in [4.78, 5) is 30.0. The van der Waals surface area contributed by atoms with Crippen LogP contribution >= 0.6 is 0 Å². The summed E-state index contributed by atoms with van der Waals surface area (Å²) in [6.45, 7) is 1.67. The van der Waals surface area contributed by atoms with Gasteiger partial charge < -0.3 is 25.1 Å². The van der Waals surface area contributed by atoms with Crippen molar-refractivity contribution in [3.63, 3.8) is 0 Å². The van der Waals surface area contributed by atoms with Gasteiger partial charge in [0.1, 0.15) is 16.3 Å². The molecule has 0 spiro atoms. The number of sulfonamides is 1. The summed E-state index contributed by atoms with van der Waals surface area (Å²) in [7, 11) is -1.15. The monoisotopic (exact) mass is 560 g/mol. The van der Waals surface area contributed by atoms with Crippen LogP contribution in [0.1, 0.15) is 15.9 Å². The Labute approximate surface area is 227 Å². The Morgan fingerprint density at radius 2 is 1.75 bits per heavy atom. The number of carbonyl (C=O) groups is 1. The SMILES string of the molecule is CNS(=O)(=O)c1cc(C)c(/N=N/c2c(O)c(C(=O)Nc3ccc4[nH]c(=O)[nH]c4c3)cc3ccccc23)cc1OC. The zero-order valence-corrected chi connectivity index (χ0v) is 22.4. The number of azo groups is 1. The molecular formula is C27H24N6O6S. The van der Waals surface area contributed by atoms with E-state index in [0.29, 0.717) is 38.7 Å². The van der Waals surface area contributed by atoms with Crippen LogP contribution in [0.2, 0.25) is 0 Å². The summed E-state index contributed by atoms with van der Waals surface area (Å²) in [5, 5.41) is 23.6. The third-order valence-corrected chi connectivity index (χ3v) is 7.75. The van der Waals surface area contributed by atoms with E-state index in [1.54, 1.807) is 55.5 Å². The van der Waals surface area contributed by atoms with Gasteiger partial charge in [0.05, 0.1) is 29.4 Å². The van der Waals surface area contributed by atoms with E-state index in [1.165, 1.54) is 26.3 Å². The highest BCUT2D eigenvalue weighted by molar-refractivity contribution is 7.89. The molecule has 0 unspecified atom stereocenters. The first-order valence-corrected chi connectivity index (χ1v) is 13.4. The largest absolute Gasteiger partial charge is 0.505 e. The fourth-order valence-corrected chi connectivity index (χ4v) is 5.20. The zero-order valence-electron chi connectivity index (χ0n) is 21.6. The summed E-state index contributed by atoms with van der Waals surface area (Å²) >= 11 is 0. The van der Waals surface area contributed by atoms with E-state index in [2.05, 4.69) is 30.2 Å². The quantitative estimate of drug-likeness (QED) is 0.181. The van der Waals surface area contributed by atoms with Crippen molar-refractivity contribution in [1.29, 1.82) is 0 Å².